The van der Waals surface area contributed by atoms with E-state index < -0.39 is 33.8 Å². The number of ether oxygens (including phenoxy) is 1. The van der Waals surface area contributed by atoms with E-state index in [2.05, 4.69) is 13.1 Å². The third kappa shape index (κ3) is 3.39. The molecule has 1 heterocycles. The van der Waals surface area contributed by atoms with Crippen LogP contribution >= 0.6 is 0 Å². The number of amides is 1. The maximum absolute atomic E-state index is 11.0. The second-order valence-electron chi connectivity index (χ2n) is 2.46. The lowest BCUT2D eigenvalue weighted by Crippen LogP contribution is -2.43. The molecule has 0 spiro atoms. The molecule has 2 unspecified atom stereocenters. The predicted octanol–water partition coefficient (Wildman–Crippen LogP) is -1.79. The summed E-state index contributed by atoms with van der Waals surface area (Å²) in [4.78, 5) is 11.0. The standard InChI is InChI=1S/C4H8N2O7S2/c1-15(9,10)6(5)4(7)12-3-2-11-14(8)13-3/h3H,2,5H2,1H3. The molecule has 0 saturated carbocycles. The van der Waals surface area contributed by atoms with Gasteiger partial charge in [0.25, 0.3) is 10.0 Å². The smallest absolute Gasteiger partial charge is 0.414 e. The monoisotopic (exact) mass is 260 g/mol. The summed E-state index contributed by atoms with van der Waals surface area (Å²) in [5.74, 6) is 4.91. The van der Waals surface area contributed by atoms with Gasteiger partial charge >= 0.3 is 17.5 Å². The highest BCUT2D eigenvalue weighted by Gasteiger charge is 2.30. The fourth-order valence-electron chi connectivity index (χ4n) is 0.608. The molecular weight excluding hydrogens is 252 g/mol. The van der Waals surface area contributed by atoms with Crippen LogP contribution in [0.15, 0.2) is 0 Å². The fraction of sp³-hybridized carbons (Fsp3) is 0.750. The molecule has 0 radical (unpaired) electrons. The van der Waals surface area contributed by atoms with Crippen LogP contribution in [0.5, 0.6) is 0 Å². The van der Waals surface area contributed by atoms with E-state index in [1.54, 1.807) is 0 Å². The minimum Gasteiger partial charge on any atom is -0.414 e. The first kappa shape index (κ1) is 12.3. The largest absolute Gasteiger partial charge is 0.440 e. The maximum atomic E-state index is 11.0. The Morgan fingerprint density at radius 2 is 2.27 bits per heavy atom. The first-order valence-corrected chi connectivity index (χ1v) is 6.33. The molecule has 1 fully saturated rings. The minimum atomic E-state index is -3.89. The molecule has 1 aliphatic heterocycles. The highest BCUT2D eigenvalue weighted by Crippen LogP contribution is 2.11. The molecule has 11 heteroatoms. The van der Waals surface area contributed by atoms with E-state index in [1.165, 1.54) is 0 Å². The maximum Gasteiger partial charge on any atom is 0.440 e. The van der Waals surface area contributed by atoms with Gasteiger partial charge in [-0.05, 0) is 0 Å². The van der Waals surface area contributed by atoms with Crippen LogP contribution in [0.1, 0.15) is 0 Å². The average Bonchev–Trinajstić information content (AvgIpc) is 2.48. The van der Waals surface area contributed by atoms with Crippen molar-refractivity contribution in [3.05, 3.63) is 0 Å². The van der Waals surface area contributed by atoms with Gasteiger partial charge in [0, 0.05) is 0 Å². The van der Waals surface area contributed by atoms with Gasteiger partial charge in [0.2, 0.25) is 6.29 Å². The lowest BCUT2D eigenvalue weighted by atomic mass is 10.7. The molecule has 9 nitrogen and oxygen atoms in total. The molecular formula is C4H8N2O7S2. The van der Waals surface area contributed by atoms with E-state index >= 15 is 0 Å². The van der Waals surface area contributed by atoms with Crippen molar-refractivity contribution in [3.8, 4) is 0 Å². The van der Waals surface area contributed by atoms with Crippen LogP contribution in [-0.2, 0) is 34.5 Å². The van der Waals surface area contributed by atoms with Crippen molar-refractivity contribution in [1.82, 2.24) is 4.41 Å². The Kier molecular flexibility index (Phi) is 3.62. The van der Waals surface area contributed by atoms with Crippen molar-refractivity contribution < 1.29 is 30.5 Å². The van der Waals surface area contributed by atoms with Gasteiger partial charge in [0.05, 0.1) is 6.26 Å². The summed E-state index contributed by atoms with van der Waals surface area (Å²) < 4.78 is 45.2. The summed E-state index contributed by atoms with van der Waals surface area (Å²) >= 11 is -1.99. The van der Waals surface area contributed by atoms with E-state index in [0.29, 0.717) is 0 Å². The quantitative estimate of drug-likeness (QED) is 0.350. The van der Waals surface area contributed by atoms with Crippen molar-refractivity contribution in [2.45, 2.75) is 6.29 Å². The molecule has 0 aromatic rings. The number of carbonyl (C=O) groups is 1. The Morgan fingerprint density at radius 3 is 2.67 bits per heavy atom. The number of nitrogens with zero attached hydrogens (tertiary/aromatic N) is 1. The van der Waals surface area contributed by atoms with E-state index in [0.717, 1.165) is 6.26 Å². The van der Waals surface area contributed by atoms with Gasteiger partial charge in [-0.3, -0.25) is 4.18 Å². The Hall–Kier alpha value is -0.750. The summed E-state index contributed by atoms with van der Waals surface area (Å²) in [5, 5.41) is 0. The summed E-state index contributed by atoms with van der Waals surface area (Å²) in [6.07, 6.45) is -1.85. The van der Waals surface area contributed by atoms with E-state index in [9.17, 15) is 17.4 Å². The van der Waals surface area contributed by atoms with Gasteiger partial charge in [0.1, 0.15) is 6.61 Å². The Bertz CT molecular complexity index is 378. The van der Waals surface area contributed by atoms with E-state index in [1.807, 2.05) is 0 Å². The molecule has 1 aliphatic rings. The molecule has 0 aromatic heterocycles. The van der Waals surface area contributed by atoms with Gasteiger partial charge in [0.15, 0.2) is 0 Å². The Morgan fingerprint density at radius 1 is 1.67 bits per heavy atom. The van der Waals surface area contributed by atoms with E-state index in [4.69, 9.17) is 5.84 Å². The number of carbonyl (C=O) groups excluding carboxylic acids is 1. The number of sulfonamides is 1. The Labute approximate surface area is 88.0 Å². The molecule has 0 bridgehead atoms. The summed E-state index contributed by atoms with van der Waals surface area (Å²) in [6, 6.07) is 0. The lowest BCUT2D eigenvalue weighted by molar-refractivity contribution is -0.0234. The van der Waals surface area contributed by atoms with Gasteiger partial charge < -0.3 is 4.74 Å². The first-order chi connectivity index (χ1) is 6.80. The van der Waals surface area contributed by atoms with Crippen molar-refractivity contribution in [2.24, 2.45) is 5.84 Å². The summed E-state index contributed by atoms with van der Waals surface area (Å²) in [7, 11) is -3.89. The van der Waals surface area contributed by atoms with Crippen molar-refractivity contribution in [3.63, 3.8) is 0 Å². The minimum absolute atomic E-state index is 0.0996. The molecule has 2 N–H and O–H groups in total. The lowest BCUT2D eigenvalue weighted by Gasteiger charge is -2.15. The number of hydrogen-bond donors (Lipinski definition) is 1. The fourth-order valence-corrected chi connectivity index (χ4v) is 1.47. The zero-order chi connectivity index (χ0) is 11.6. The highest BCUT2D eigenvalue weighted by molar-refractivity contribution is 7.88. The molecule has 1 rings (SSSR count). The predicted molar refractivity (Wildman–Crippen MR) is 46.3 cm³/mol. The molecule has 15 heavy (non-hydrogen) atoms. The van der Waals surface area contributed by atoms with Crippen LogP contribution in [0.2, 0.25) is 0 Å². The first-order valence-electron chi connectivity index (χ1n) is 3.48. The molecule has 88 valence electrons. The summed E-state index contributed by atoms with van der Waals surface area (Å²) in [5.41, 5.74) is 0. The topological polar surface area (TPSA) is 125 Å². The van der Waals surface area contributed by atoms with Gasteiger partial charge in [-0.2, -0.15) is 4.21 Å². The molecule has 1 amide bonds. The zero-order valence-corrected chi connectivity index (χ0v) is 9.12. The van der Waals surface area contributed by atoms with Gasteiger partial charge in [-0.15, -0.1) is 4.41 Å². The van der Waals surface area contributed by atoms with Crippen LogP contribution in [0.3, 0.4) is 0 Å². The van der Waals surface area contributed by atoms with E-state index in [-0.39, 0.29) is 11.0 Å². The summed E-state index contributed by atoms with van der Waals surface area (Å²) in [6.45, 7) is -0.254. The zero-order valence-electron chi connectivity index (χ0n) is 7.48. The highest BCUT2D eigenvalue weighted by atomic mass is 32.2. The van der Waals surface area contributed by atoms with Crippen LogP contribution in [0.4, 0.5) is 4.79 Å². The van der Waals surface area contributed by atoms with Crippen molar-refractivity contribution in [2.75, 3.05) is 12.9 Å². The number of hydrazine groups is 1. The second kappa shape index (κ2) is 4.40. The Balaban J connectivity index is 2.53. The second-order valence-corrected chi connectivity index (χ2v) is 5.15. The number of hydrogen-bond acceptors (Lipinski definition) is 8. The molecule has 0 aromatic carbocycles. The third-order valence-corrected chi connectivity index (χ3v) is 2.82. The van der Waals surface area contributed by atoms with Crippen molar-refractivity contribution in [1.29, 1.82) is 0 Å². The van der Waals surface area contributed by atoms with Crippen molar-refractivity contribution >= 4 is 27.5 Å². The number of nitrogens with two attached hydrogens (primary N) is 1. The average molecular weight is 260 g/mol. The van der Waals surface area contributed by atoms with Gasteiger partial charge in [-0.1, -0.05) is 0 Å². The van der Waals surface area contributed by atoms with Crippen LogP contribution in [0.25, 0.3) is 0 Å². The van der Waals surface area contributed by atoms with Crippen LogP contribution in [-0.4, -0.2) is 42.3 Å². The number of rotatable bonds is 2. The SMILES string of the molecule is CS(=O)(=O)N(N)C(=O)OC1COS(=O)O1. The van der Waals surface area contributed by atoms with Gasteiger partial charge in [-0.25, -0.2) is 23.2 Å². The van der Waals surface area contributed by atoms with Crippen LogP contribution in [0, 0.1) is 0 Å². The molecule has 0 aliphatic carbocycles. The molecule has 2 atom stereocenters. The molecule has 1 saturated heterocycles. The van der Waals surface area contributed by atoms with Crippen LogP contribution < -0.4 is 5.84 Å². The third-order valence-electron chi connectivity index (χ3n) is 1.26. The normalized spacial score (nSPS) is 26.3.